The van der Waals surface area contributed by atoms with Crippen LogP contribution in [0.15, 0.2) is 48.5 Å². The third-order valence-corrected chi connectivity index (χ3v) is 3.15. The van der Waals surface area contributed by atoms with E-state index in [4.69, 9.17) is 5.73 Å². The fourth-order valence-corrected chi connectivity index (χ4v) is 2.31. The minimum Gasteiger partial charge on any atom is -0.324 e. The molecule has 0 aliphatic carbocycles. The molecule has 0 fully saturated rings. The van der Waals surface area contributed by atoms with E-state index >= 15 is 0 Å². The molecule has 0 saturated heterocycles. The lowest BCUT2D eigenvalue weighted by atomic mass is 10.0. The van der Waals surface area contributed by atoms with Crippen LogP contribution >= 0.6 is 0 Å². The van der Waals surface area contributed by atoms with E-state index in [1.54, 1.807) is 0 Å². The molecule has 0 spiro atoms. The molecule has 0 aliphatic rings. The lowest BCUT2D eigenvalue weighted by molar-refractivity contribution is 0.895. The Hall–Kier alpha value is -2.26. The van der Waals surface area contributed by atoms with Crippen LogP contribution in [0.3, 0.4) is 0 Å². The Balaban J connectivity index is 2.27. The van der Waals surface area contributed by atoms with Crippen LogP contribution in [0.25, 0.3) is 22.0 Å². The van der Waals surface area contributed by atoms with Crippen LogP contribution in [0.1, 0.15) is 11.5 Å². The fourth-order valence-electron chi connectivity index (χ4n) is 2.31. The van der Waals surface area contributed by atoms with Crippen molar-refractivity contribution in [2.24, 2.45) is 5.73 Å². The summed E-state index contributed by atoms with van der Waals surface area (Å²) in [6.07, 6.45) is 0. The normalized spacial score (nSPS) is 10.8. The van der Waals surface area contributed by atoms with Gasteiger partial charge < -0.3 is 5.73 Å². The molecule has 0 aliphatic heterocycles. The molecule has 0 bridgehead atoms. The smallest absolute Gasteiger partial charge is 0.142 e. The minimum absolute atomic E-state index is 0.361. The zero-order valence-corrected chi connectivity index (χ0v) is 10.8. The molecule has 19 heavy (non-hydrogen) atoms. The number of rotatable bonds is 2. The molecule has 94 valence electrons. The molecule has 3 aromatic rings. The van der Waals surface area contributed by atoms with Gasteiger partial charge in [0.25, 0.3) is 0 Å². The molecule has 3 heteroatoms. The second-order valence-electron chi connectivity index (χ2n) is 4.54. The Morgan fingerprint density at radius 1 is 1.00 bits per heavy atom. The van der Waals surface area contributed by atoms with Crippen molar-refractivity contribution in [1.29, 1.82) is 0 Å². The predicted molar refractivity (Wildman–Crippen MR) is 77.6 cm³/mol. The van der Waals surface area contributed by atoms with Gasteiger partial charge in [-0.25, -0.2) is 9.97 Å². The van der Waals surface area contributed by atoms with Crippen molar-refractivity contribution in [1.82, 2.24) is 9.97 Å². The standard InChI is InChI=1S/C16H15N3/c1-11-9-15(19-16(10-17)18-11)14-8-4-6-12-5-2-3-7-13(12)14/h2-9H,10,17H2,1H3. The van der Waals surface area contributed by atoms with Gasteiger partial charge in [0.15, 0.2) is 0 Å². The second kappa shape index (κ2) is 4.78. The van der Waals surface area contributed by atoms with Gasteiger partial charge in [0.1, 0.15) is 5.82 Å². The lowest BCUT2D eigenvalue weighted by Crippen LogP contribution is -2.05. The highest BCUT2D eigenvalue weighted by Gasteiger charge is 2.07. The van der Waals surface area contributed by atoms with Crippen molar-refractivity contribution in [2.75, 3.05) is 0 Å². The van der Waals surface area contributed by atoms with Crippen LogP contribution in [0.5, 0.6) is 0 Å². The van der Waals surface area contributed by atoms with Crippen LogP contribution < -0.4 is 5.73 Å². The highest BCUT2D eigenvalue weighted by molar-refractivity contribution is 5.95. The summed E-state index contributed by atoms with van der Waals surface area (Å²) in [6.45, 7) is 2.33. The average Bonchev–Trinajstić information content (AvgIpc) is 2.46. The van der Waals surface area contributed by atoms with E-state index in [0.717, 1.165) is 17.0 Å². The predicted octanol–water partition coefficient (Wildman–Crippen LogP) is 3.06. The summed E-state index contributed by atoms with van der Waals surface area (Å²) in [5, 5.41) is 2.41. The Labute approximate surface area is 112 Å². The largest absolute Gasteiger partial charge is 0.324 e. The zero-order valence-electron chi connectivity index (χ0n) is 10.8. The van der Waals surface area contributed by atoms with Gasteiger partial charge in [-0.2, -0.15) is 0 Å². The van der Waals surface area contributed by atoms with E-state index in [-0.39, 0.29) is 0 Å². The van der Waals surface area contributed by atoms with E-state index in [0.29, 0.717) is 12.4 Å². The van der Waals surface area contributed by atoms with Gasteiger partial charge in [-0.05, 0) is 23.8 Å². The quantitative estimate of drug-likeness (QED) is 0.759. The van der Waals surface area contributed by atoms with Crippen molar-refractivity contribution < 1.29 is 0 Å². The lowest BCUT2D eigenvalue weighted by Gasteiger charge is -2.08. The van der Waals surface area contributed by atoms with Crippen molar-refractivity contribution in [3.8, 4) is 11.3 Å². The zero-order chi connectivity index (χ0) is 13.2. The number of hydrogen-bond acceptors (Lipinski definition) is 3. The first-order chi connectivity index (χ1) is 9.28. The molecular formula is C16H15N3. The van der Waals surface area contributed by atoms with Gasteiger partial charge in [0.05, 0.1) is 12.2 Å². The maximum atomic E-state index is 5.65. The number of nitrogens with zero attached hydrogens (tertiary/aromatic N) is 2. The van der Waals surface area contributed by atoms with Gasteiger partial charge in [-0.3, -0.25) is 0 Å². The summed E-state index contributed by atoms with van der Waals surface area (Å²) in [7, 11) is 0. The van der Waals surface area contributed by atoms with Crippen molar-refractivity contribution in [3.05, 3.63) is 60.0 Å². The van der Waals surface area contributed by atoms with Crippen LogP contribution in [0.4, 0.5) is 0 Å². The summed E-state index contributed by atoms with van der Waals surface area (Å²) in [5.41, 5.74) is 8.65. The van der Waals surface area contributed by atoms with E-state index in [2.05, 4.69) is 40.3 Å². The highest BCUT2D eigenvalue weighted by Crippen LogP contribution is 2.27. The SMILES string of the molecule is Cc1cc(-c2cccc3ccccc23)nc(CN)n1. The Morgan fingerprint density at radius 2 is 1.79 bits per heavy atom. The summed E-state index contributed by atoms with van der Waals surface area (Å²) >= 11 is 0. The Bertz CT molecular complexity index is 730. The topological polar surface area (TPSA) is 51.8 Å². The molecule has 2 N–H and O–H groups in total. The van der Waals surface area contributed by atoms with E-state index in [1.165, 1.54) is 10.8 Å². The van der Waals surface area contributed by atoms with Crippen molar-refractivity contribution >= 4 is 10.8 Å². The maximum Gasteiger partial charge on any atom is 0.142 e. The number of fused-ring (bicyclic) bond motifs is 1. The fraction of sp³-hybridized carbons (Fsp3) is 0.125. The van der Waals surface area contributed by atoms with Crippen LogP contribution in [0.2, 0.25) is 0 Å². The van der Waals surface area contributed by atoms with Gasteiger partial charge in [0.2, 0.25) is 0 Å². The van der Waals surface area contributed by atoms with Gasteiger partial charge in [-0.15, -0.1) is 0 Å². The number of benzene rings is 2. The average molecular weight is 249 g/mol. The molecule has 0 atom stereocenters. The summed E-state index contributed by atoms with van der Waals surface area (Å²) in [4.78, 5) is 8.86. The molecule has 0 amide bonds. The molecule has 0 unspecified atom stereocenters. The van der Waals surface area contributed by atoms with Gasteiger partial charge >= 0.3 is 0 Å². The second-order valence-corrected chi connectivity index (χ2v) is 4.54. The molecule has 0 saturated carbocycles. The van der Waals surface area contributed by atoms with Crippen LogP contribution in [-0.4, -0.2) is 9.97 Å². The summed E-state index contributed by atoms with van der Waals surface area (Å²) < 4.78 is 0. The Morgan fingerprint density at radius 3 is 2.63 bits per heavy atom. The van der Waals surface area contributed by atoms with Crippen molar-refractivity contribution in [3.63, 3.8) is 0 Å². The highest BCUT2D eigenvalue weighted by atomic mass is 14.9. The first-order valence-electron chi connectivity index (χ1n) is 6.30. The summed E-state index contributed by atoms with van der Waals surface area (Å²) in [5.74, 6) is 0.683. The third-order valence-electron chi connectivity index (χ3n) is 3.15. The molecule has 3 rings (SSSR count). The first kappa shape index (κ1) is 11.8. The molecular weight excluding hydrogens is 234 g/mol. The Kier molecular flexibility index (Phi) is 2.97. The molecule has 1 aromatic heterocycles. The maximum absolute atomic E-state index is 5.65. The van der Waals surface area contributed by atoms with E-state index in [1.807, 2.05) is 25.1 Å². The van der Waals surface area contributed by atoms with Crippen LogP contribution in [-0.2, 0) is 6.54 Å². The molecule has 2 aromatic carbocycles. The molecule has 3 nitrogen and oxygen atoms in total. The van der Waals surface area contributed by atoms with Crippen LogP contribution in [0, 0.1) is 6.92 Å². The number of nitrogens with two attached hydrogens (primary N) is 1. The molecule has 0 radical (unpaired) electrons. The van der Waals surface area contributed by atoms with Gasteiger partial charge in [0, 0.05) is 11.3 Å². The van der Waals surface area contributed by atoms with Gasteiger partial charge in [-0.1, -0.05) is 42.5 Å². The van der Waals surface area contributed by atoms with E-state index < -0.39 is 0 Å². The van der Waals surface area contributed by atoms with Crippen molar-refractivity contribution in [2.45, 2.75) is 13.5 Å². The number of aryl methyl sites for hydroxylation is 1. The minimum atomic E-state index is 0.361. The molecule has 1 heterocycles. The first-order valence-corrected chi connectivity index (χ1v) is 6.30. The number of hydrogen-bond donors (Lipinski definition) is 1. The van der Waals surface area contributed by atoms with E-state index in [9.17, 15) is 0 Å². The monoisotopic (exact) mass is 249 g/mol. The number of aromatic nitrogens is 2. The summed E-state index contributed by atoms with van der Waals surface area (Å²) in [6, 6.07) is 16.6. The third kappa shape index (κ3) is 2.20.